The van der Waals surface area contributed by atoms with Gasteiger partial charge < -0.3 is 5.32 Å². The number of amides is 1. The van der Waals surface area contributed by atoms with Crippen molar-refractivity contribution in [1.29, 1.82) is 0 Å². The number of carbonyl (C=O) groups excluding carboxylic acids is 1. The van der Waals surface area contributed by atoms with E-state index in [-0.39, 0.29) is 31.2 Å². The van der Waals surface area contributed by atoms with Crippen LogP contribution in [0, 0.1) is 5.92 Å². The van der Waals surface area contributed by atoms with Gasteiger partial charge in [0.15, 0.2) is 0 Å². The minimum atomic E-state index is -0.327. The van der Waals surface area contributed by atoms with E-state index >= 15 is 0 Å². The average molecular weight is 219 g/mol. The minimum absolute atomic E-state index is 0.0745. The second-order valence-corrected chi connectivity index (χ2v) is 4.14. The molecule has 0 aromatic heterocycles. The Morgan fingerprint density at radius 2 is 1.87 bits per heavy atom. The summed E-state index contributed by atoms with van der Waals surface area (Å²) in [5.41, 5.74) is 0. The lowest BCUT2D eigenvalue weighted by Crippen LogP contribution is -2.33. The number of nitrogens with one attached hydrogen (secondary N) is 1. The zero-order valence-electron chi connectivity index (χ0n) is 8.98. The van der Waals surface area contributed by atoms with Crippen LogP contribution in [0.15, 0.2) is 0 Å². The molecule has 1 aliphatic heterocycles. The summed E-state index contributed by atoms with van der Waals surface area (Å²) >= 11 is 0. The van der Waals surface area contributed by atoms with Gasteiger partial charge in [0, 0.05) is 12.5 Å². The first-order chi connectivity index (χ1) is 7.27. The van der Waals surface area contributed by atoms with Crippen LogP contribution in [0.3, 0.4) is 0 Å². The van der Waals surface area contributed by atoms with Crippen LogP contribution in [0.25, 0.3) is 0 Å². The van der Waals surface area contributed by atoms with Gasteiger partial charge in [-0.2, -0.15) is 0 Å². The van der Waals surface area contributed by atoms with Crippen LogP contribution in [0.5, 0.6) is 0 Å². The molecule has 0 unspecified atom stereocenters. The average Bonchev–Trinajstić information content (AvgIpc) is 2.65. The lowest BCUT2D eigenvalue weighted by molar-refractivity contribution is -0.119. The van der Waals surface area contributed by atoms with Gasteiger partial charge in [-0.05, 0) is 38.0 Å². The first kappa shape index (κ1) is 12.4. The largest absolute Gasteiger partial charge is 0.353 e. The van der Waals surface area contributed by atoms with Crippen molar-refractivity contribution in [2.75, 3.05) is 13.3 Å². The maximum Gasteiger partial charge on any atom is 0.220 e. The Labute approximate surface area is 89.4 Å². The van der Waals surface area contributed by atoms with E-state index in [1.165, 1.54) is 0 Å². The quantitative estimate of drug-likeness (QED) is 0.699. The molecule has 4 heteroatoms. The molecule has 0 saturated carbocycles. The highest BCUT2D eigenvalue weighted by atomic mass is 19.1. The Kier molecular flexibility index (Phi) is 5.58. The number of alkyl halides is 2. The van der Waals surface area contributed by atoms with Crippen molar-refractivity contribution < 1.29 is 13.6 Å². The fourth-order valence-electron chi connectivity index (χ4n) is 2.22. The van der Waals surface area contributed by atoms with Gasteiger partial charge in [-0.25, -0.2) is 0 Å². The summed E-state index contributed by atoms with van der Waals surface area (Å²) in [6, 6.07) is 0.149. The summed E-state index contributed by atoms with van der Waals surface area (Å²) in [5, 5.41) is 2.89. The van der Waals surface area contributed by atoms with Crippen LogP contribution in [-0.4, -0.2) is 25.3 Å². The monoisotopic (exact) mass is 219 g/mol. The smallest absolute Gasteiger partial charge is 0.220 e. The van der Waals surface area contributed by atoms with Crippen LogP contribution >= 0.6 is 0 Å². The number of hydrogen-bond acceptors (Lipinski definition) is 1. The van der Waals surface area contributed by atoms with Gasteiger partial charge in [0.05, 0.1) is 13.3 Å². The van der Waals surface area contributed by atoms with Gasteiger partial charge in [0.2, 0.25) is 5.91 Å². The van der Waals surface area contributed by atoms with Gasteiger partial charge in [0.25, 0.3) is 0 Å². The second-order valence-electron chi connectivity index (χ2n) is 4.14. The summed E-state index contributed by atoms with van der Waals surface area (Å²) in [7, 11) is 0. The van der Waals surface area contributed by atoms with E-state index in [1.807, 2.05) is 0 Å². The summed E-state index contributed by atoms with van der Waals surface area (Å²) in [4.78, 5) is 11.0. The van der Waals surface area contributed by atoms with E-state index in [0.29, 0.717) is 19.3 Å². The molecule has 88 valence electrons. The first-order valence-electron chi connectivity index (χ1n) is 5.69. The molecule has 1 atom stereocenters. The molecular formula is C11H19F2NO. The lowest BCUT2D eigenvalue weighted by Gasteiger charge is -2.22. The number of halogens is 2. The van der Waals surface area contributed by atoms with E-state index in [0.717, 1.165) is 19.3 Å². The molecular weight excluding hydrogens is 200 g/mol. The van der Waals surface area contributed by atoms with E-state index in [2.05, 4.69) is 5.32 Å². The normalized spacial score (nSPS) is 21.0. The molecule has 0 aromatic carbocycles. The second kappa shape index (κ2) is 6.75. The topological polar surface area (TPSA) is 29.1 Å². The lowest BCUT2D eigenvalue weighted by atomic mass is 9.89. The molecule has 0 spiro atoms. The molecule has 1 fully saturated rings. The third-order valence-corrected chi connectivity index (χ3v) is 3.01. The molecule has 0 aromatic rings. The van der Waals surface area contributed by atoms with Gasteiger partial charge in [-0.3, -0.25) is 13.6 Å². The summed E-state index contributed by atoms with van der Waals surface area (Å²) in [6.07, 6.45) is 3.92. The zero-order valence-corrected chi connectivity index (χ0v) is 8.98. The predicted molar refractivity (Wildman–Crippen MR) is 55.1 cm³/mol. The van der Waals surface area contributed by atoms with Crippen LogP contribution in [0.4, 0.5) is 8.78 Å². The molecule has 1 N–H and O–H groups in total. The van der Waals surface area contributed by atoms with Crippen molar-refractivity contribution in [3.8, 4) is 0 Å². The van der Waals surface area contributed by atoms with Crippen molar-refractivity contribution in [1.82, 2.24) is 5.32 Å². The molecule has 1 rings (SSSR count). The Balaban J connectivity index is 2.36. The van der Waals surface area contributed by atoms with E-state index in [1.54, 1.807) is 0 Å². The molecule has 15 heavy (non-hydrogen) atoms. The Morgan fingerprint density at radius 1 is 1.27 bits per heavy atom. The maximum absolute atomic E-state index is 12.1. The van der Waals surface area contributed by atoms with Crippen molar-refractivity contribution in [2.45, 2.75) is 44.6 Å². The van der Waals surface area contributed by atoms with Crippen LogP contribution in [0.1, 0.15) is 38.5 Å². The molecule has 1 aliphatic rings. The summed E-state index contributed by atoms with van der Waals surface area (Å²) in [5.74, 6) is 0.327. The Hall–Kier alpha value is -0.670. The molecule has 0 aliphatic carbocycles. The van der Waals surface area contributed by atoms with Gasteiger partial charge in [-0.15, -0.1) is 0 Å². The number of carbonyl (C=O) groups is 1. The fraction of sp³-hybridized carbons (Fsp3) is 0.909. The number of hydrogen-bond donors (Lipinski definition) is 1. The molecule has 0 radical (unpaired) electrons. The van der Waals surface area contributed by atoms with Crippen LogP contribution in [-0.2, 0) is 4.79 Å². The molecule has 2 nitrogen and oxygen atoms in total. The summed E-state index contributed by atoms with van der Waals surface area (Å²) in [6.45, 7) is -0.653. The fourth-order valence-corrected chi connectivity index (χ4v) is 2.22. The highest BCUT2D eigenvalue weighted by molar-refractivity contribution is 5.78. The van der Waals surface area contributed by atoms with E-state index in [9.17, 15) is 13.6 Å². The third-order valence-electron chi connectivity index (χ3n) is 3.01. The van der Waals surface area contributed by atoms with Gasteiger partial charge in [-0.1, -0.05) is 0 Å². The molecule has 1 saturated heterocycles. The first-order valence-corrected chi connectivity index (χ1v) is 5.69. The highest BCUT2D eigenvalue weighted by Gasteiger charge is 2.27. The SMILES string of the molecule is O=C1CC[C@@H](C(CCCF)CCCF)N1. The molecule has 1 amide bonds. The van der Waals surface area contributed by atoms with Crippen molar-refractivity contribution in [3.63, 3.8) is 0 Å². The van der Waals surface area contributed by atoms with Crippen molar-refractivity contribution >= 4 is 5.91 Å². The summed E-state index contributed by atoms with van der Waals surface area (Å²) < 4.78 is 24.2. The Bertz CT molecular complexity index is 191. The highest BCUT2D eigenvalue weighted by Crippen LogP contribution is 2.24. The van der Waals surface area contributed by atoms with Crippen LogP contribution < -0.4 is 5.32 Å². The van der Waals surface area contributed by atoms with Gasteiger partial charge >= 0.3 is 0 Å². The Morgan fingerprint density at radius 3 is 2.27 bits per heavy atom. The third kappa shape index (κ3) is 4.14. The zero-order chi connectivity index (χ0) is 11.1. The van der Waals surface area contributed by atoms with Crippen molar-refractivity contribution in [2.24, 2.45) is 5.92 Å². The molecule has 0 bridgehead atoms. The van der Waals surface area contributed by atoms with Crippen molar-refractivity contribution in [3.05, 3.63) is 0 Å². The maximum atomic E-state index is 12.1. The molecule has 1 heterocycles. The van der Waals surface area contributed by atoms with Gasteiger partial charge in [0.1, 0.15) is 0 Å². The minimum Gasteiger partial charge on any atom is -0.353 e. The number of rotatable bonds is 7. The van der Waals surface area contributed by atoms with E-state index in [4.69, 9.17) is 0 Å². The van der Waals surface area contributed by atoms with Crippen LogP contribution in [0.2, 0.25) is 0 Å². The predicted octanol–water partition coefficient (Wildman–Crippen LogP) is 2.38. The van der Waals surface area contributed by atoms with E-state index < -0.39 is 0 Å². The standard InChI is InChI=1S/C11H19F2NO/c12-7-1-3-9(4-2-8-13)10-5-6-11(15)14-10/h9-10H,1-8H2,(H,14,15)/t10-/m0/s1.